The number of ether oxygens (including phenoxy) is 1. The molecule has 0 saturated carbocycles. The topological polar surface area (TPSA) is 64.4 Å². The van der Waals surface area contributed by atoms with Crippen molar-refractivity contribution < 1.29 is 9.53 Å². The lowest BCUT2D eigenvalue weighted by Gasteiger charge is -2.15. The molecule has 1 amide bonds. The molecule has 1 heterocycles. The Morgan fingerprint density at radius 1 is 1.56 bits per heavy atom. The summed E-state index contributed by atoms with van der Waals surface area (Å²) in [5.41, 5.74) is 5.78. The highest BCUT2D eigenvalue weighted by molar-refractivity contribution is 5.81. The van der Waals surface area contributed by atoms with Crippen molar-refractivity contribution in [1.82, 2.24) is 5.32 Å². The lowest BCUT2D eigenvalue weighted by molar-refractivity contribution is -0.122. The molecule has 0 aromatic heterocycles. The zero-order chi connectivity index (χ0) is 12.0. The summed E-state index contributed by atoms with van der Waals surface area (Å²) in [5.74, 6) is 1.05. The van der Waals surface area contributed by atoms with Crippen LogP contribution in [0.4, 0.5) is 0 Å². The Labute approximate surface area is 97.9 Å². The van der Waals surface area contributed by atoms with Gasteiger partial charge < -0.3 is 15.8 Å². The Bertz CT molecular complexity index is 213. The summed E-state index contributed by atoms with van der Waals surface area (Å²) >= 11 is 0. The van der Waals surface area contributed by atoms with Crippen LogP contribution in [0.1, 0.15) is 33.1 Å². The molecular formula is C12H24N2O2. The van der Waals surface area contributed by atoms with Crippen molar-refractivity contribution in [1.29, 1.82) is 0 Å². The van der Waals surface area contributed by atoms with Gasteiger partial charge in [0, 0.05) is 19.8 Å². The van der Waals surface area contributed by atoms with E-state index in [0.717, 1.165) is 39.0 Å². The van der Waals surface area contributed by atoms with Crippen molar-refractivity contribution in [3.63, 3.8) is 0 Å². The molecule has 16 heavy (non-hydrogen) atoms. The van der Waals surface area contributed by atoms with E-state index in [9.17, 15) is 4.79 Å². The molecule has 4 nitrogen and oxygen atoms in total. The fourth-order valence-corrected chi connectivity index (χ4v) is 1.96. The van der Waals surface area contributed by atoms with Crippen LogP contribution in [0.5, 0.6) is 0 Å². The predicted octanol–water partition coefficient (Wildman–Crippen LogP) is 0.903. The van der Waals surface area contributed by atoms with E-state index in [4.69, 9.17) is 10.5 Å². The zero-order valence-electron chi connectivity index (χ0n) is 10.4. The minimum Gasteiger partial charge on any atom is -0.381 e. The maximum absolute atomic E-state index is 11.6. The normalized spacial score (nSPS) is 22.4. The molecule has 4 heteroatoms. The first-order valence-electron chi connectivity index (χ1n) is 6.20. The number of hydrogen-bond acceptors (Lipinski definition) is 3. The van der Waals surface area contributed by atoms with Gasteiger partial charge in [0.15, 0.2) is 0 Å². The number of carbonyl (C=O) groups excluding carboxylic acids is 1. The van der Waals surface area contributed by atoms with Crippen molar-refractivity contribution in [3.05, 3.63) is 0 Å². The van der Waals surface area contributed by atoms with Crippen LogP contribution in [0.15, 0.2) is 0 Å². The van der Waals surface area contributed by atoms with Crippen LogP contribution in [0.2, 0.25) is 0 Å². The van der Waals surface area contributed by atoms with Gasteiger partial charge in [-0.15, -0.1) is 0 Å². The number of amides is 1. The monoisotopic (exact) mass is 228 g/mol. The fraction of sp³-hybridized carbons (Fsp3) is 0.917. The molecule has 1 aliphatic heterocycles. The first-order valence-corrected chi connectivity index (χ1v) is 6.20. The summed E-state index contributed by atoms with van der Waals surface area (Å²) < 4.78 is 5.28. The number of hydrogen-bond donors (Lipinski definition) is 2. The van der Waals surface area contributed by atoms with Gasteiger partial charge in [-0.2, -0.15) is 0 Å². The molecule has 1 saturated heterocycles. The molecule has 0 radical (unpaired) electrons. The second-order valence-electron chi connectivity index (χ2n) is 5.05. The van der Waals surface area contributed by atoms with E-state index in [1.54, 1.807) is 0 Å². The first-order chi connectivity index (χ1) is 7.59. The minimum absolute atomic E-state index is 0.0207. The quantitative estimate of drug-likeness (QED) is 0.710. The summed E-state index contributed by atoms with van der Waals surface area (Å²) in [5, 5.41) is 2.90. The van der Waals surface area contributed by atoms with Crippen LogP contribution >= 0.6 is 0 Å². The molecule has 0 spiro atoms. The molecule has 2 atom stereocenters. The summed E-state index contributed by atoms with van der Waals surface area (Å²) in [6.45, 7) is 6.57. The maximum Gasteiger partial charge on any atom is 0.236 e. The second kappa shape index (κ2) is 6.86. The predicted molar refractivity (Wildman–Crippen MR) is 64.0 cm³/mol. The minimum atomic E-state index is -0.361. The van der Waals surface area contributed by atoms with Gasteiger partial charge in [-0.25, -0.2) is 0 Å². The smallest absolute Gasteiger partial charge is 0.236 e. The van der Waals surface area contributed by atoms with Crippen LogP contribution < -0.4 is 11.1 Å². The van der Waals surface area contributed by atoms with Crippen LogP contribution in [0.3, 0.4) is 0 Å². The average molecular weight is 228 g/mol. The van der Waals surface area contributed by atoms with Crippen LogP contribution in [-0.4, -0.2) is 31.7 Å². The highest BCUT2D eigenvalue weighted by Crippen LogP contribution is 2.15. The van der Waals surface area contributed by atoms with E-state index in [1.807, 2.05) is 0 Å². The van der Waals surface area contributed by atoms with E-state index >= 15 is 0 Å². The molecule has 1 rings (SSSR count). The summed E-state index contributed by atoms with van der Waals surface area (Å²) in [6.07, 6.45) is 2.87. The van der Waals surface area contributed by atoms with Crippen molar-refractivity contribution in [2.75, 3.05) is 19.8 Å². The Kier molecular flexibility index (Phi) is 5.77. The number of carbonyl (C=O) groups is 1. The molecule has 1 aliphatic rings. The Hall–Kier alpha value is -0.610. The third-order valence-electron chi connectivity index (χ3n) is 2.94. The Balaban J connectivity index is 2.09. The van der Waals surface area contributed by atoms with E-state index in [0.29, 0.717) is 11.8 Å². The molecule has 0 aromatic rings. The van der Waals surface area contributed by atoms with Gasteiger partial charge >= 0.3 is 0 Å². The summed E-state index contributed by atoms with van der Waals surface area (Å²) in [6, 6.07) is -0.361. The summed E-state index contributed by atoms with van der Waals surface area (Å²) in [4.78, 5) is 11.6. The van der Waals surface area contributed by atoms with Crippen molar-refractivity contribution in [2.45, 2.75) is 39.2 Å². The average Bonchev–Trinajstić information content (AvgIpc) is 2.69. The molecule has 0 aliphatic carbocycles. The highest BCUT2D eigenvalue weighted by atomic mass is 16.5. The lowest BCUT2D eigenvalue weighted by atomic mass is 10.0. The molecular weight excluding hydrogens is 204 g/mol. The van der Waals surface area contributed by atoms with Crippen molar-refractivity contribution in [3.8, 4) is 0 Å². The van der Waals surface area contributed by atoms with E-state index in [-0.39, 0.29) is 11.9 Å². The fourth-order valence-electron chi connectivity index (χ4n) is 1.96. The Morgan fingerprint density at radius 3 is 2.88 bits per heavy atom. The largest absolute Gasteiger partial charge is 0.381 e. The van der Waals surface area contributed by atoms with Crippen molar-refractivity contribution in [2.24, 2.45) is 17.6 Å². The van der Waals surface area contributed by atoms with E-state index in [1.165, 1.54) is 0 Å². The molecule has 94 valence electrons. The van der Waals surface area contributed by atoms with Gasteiger partial charge in [0.2, 0.25) is 5.91 Å². The van der Waals surface area contributed by atoms with Gasteiger partial charge in [-0.05, 0) is 31.1 Å². The van der Waals surface area contributed by atoms with Crippen LogP contribution in [0.25, 0.3) is 0 Å². The van der Waals surface area contributed by atoms with Gasteiger partial charge in [-0.1, -0.05) is 13.8 Å². The lowest BCUT2D eigenvalue weighted by Crippen LogP contribution is -2.42. The molecule has 3 N–H and O–H groups in total. The van der Waals surface area contributed by atoms with Crippen molar-refractivity contribution >= 4 is 5.91 Å². The zero-order valence-corrected chi connectivity index (χ0v) is 10.4. The van der Waals surface area contributed by atoms with Gasteiger partial charge in [0.05, 0.1) is 6.04 Å². The van der Waals surface area contributed by atoms with Crippen LogP contribution in [-0.2, 0) is 9.53 Å². The first kappa shape index (κ1) is 13.5. The van der Waals surface area contributed by atoms with Gasteiger partial charge in [0.1, 0.15) is 0 Å². The third kappa shape index (κ3) is 4.94. The van der Waals surface area contributed by atoms with Gasteiger partial charge in [0.25, 0.3) is 0 Å². The molecule has 2 unspecified atom stereocenters. The number of nitrogens with one attached hydrogen (secondary N) is 1. The van der Waals surface area contributed by atoms with E-state index < -0.39 is 0 Å². The standard InChI is InChI=1S/C12H24N2O2/c1-9(2)7-11(13)12(15)14-5-3-10-4-6-16-8-10/h9-11H,3-8,13H2,1-2H3,(H,14,15). The summed E-state index contributed by atoms with van der Waals surface area (Å²) in [7, 11) is 0. The second-order valence-corrected chi connectivity index (χ2v) is 5.05. The SMILES string of the molecule is CC(C)CC(N)C(=O)NCCC1CCOC1. The number of nitrogens with two attached hydrogens (primary N) is 1. The van der Waals surface area contributed by atoms with E-state index in [2.05, 4.69) is 19.2 Å². The third-order valence-corrected chi connectivity index (χ3v) is 2.94. The number of rotatable bonds is 6. The van der Waals surface area contributed by atoms with Gasteiger partial charge in [-0.3, -0.25) is 4.79 Å². The Morgan fingerprint density at radius 2 is 2.31 bits per heavy atom. The molecule has 0 aromatic carbocycles. The highest BCUT2D eigenvalue weighted by Gasteiger charge is 2.17. The molecule has 0 bridgehead atoms. The maximum atomic E-state index is 11.6. The molecule has 1 fully saturated rings. The van der Waals surface area contributed by atoms with Crippen LogP contribution in [0, 0.1) is 11.8 Å².